The van der Waals surface area contributed by atoms with Gasteiger partial charge in [-0.25, -0.2) is 8.78 Å². The predicted molar refractivity (Wildman–Crippen MR) is 78.4 cm³/mol. The van der Waals surface area contributed by atoms with Crippen molar-refractivity contribution in [1.82, 2.24) is 5.32 Å². The molecule has 1 aliphatic heterocycles. The molecule has 0 saturated carbocycles. The van der Waals surface area contributed by atoms with Crippen LogP contribution in [0.5, 0.6) is 0 Å². The van der Waals surface area contributed by atoms with Crippen LogP contribution in [0, 0.1) is 17.0 Å². The normalized spacial score (nSPS) is 19.1. The Balaban J connectivity index is 1.90. The van der Waals surface area contributed by atoms with E-state index >= 15 is 0 Å². The fraction of sp³-hybridized carbons (Fsp3) is 0.625. The minimum absolute atomic E-state index is 0.0457. The van der Waals surface area contributed by atoms with Crippen molar-refractivity contribution in [2.75, 3.05) is 32.9 Å². The van der Waals surface area contributed by atoms with Gasteiger partial charge in [0.05, 0.1) is 6.10 Å². The molecule has 2 rings (SSSR count). The zero-order valence-electron chi connectivity index (χ0n) is 12.5. The number of aliphatic hydroxyl groups is 2. The average molecular weight is 315 g/mol. The summed E-state index contributed by atoms with van der Waals surface area (Å²) in [6, 6.07) is 3.05. The summed E-state index contributed by atoms with van der Waals surface area (Å²) in [6.45, 7) is 2.15. The van der Waals surface area contributed by atoms with E-state index in [4.69, 9.17) is 4.74 Å². The molecule has 1 aromatic carbocycles. The van der Waals surface area contributed by atoms with Crippen LogP contribution in [0.2, 0.25) is 0 Å². The Bertz CT molecular complexity index is 473. The van der Waals surface area contributed by atoms with E-state index in [0.29, 0.717) is 26.2 Å². The first kappa shape index (κ1) is 17.3. The number of aliphatic hydroxyl groups excluding tert-OH is 2. The minimum atomic E-state index is -1.11. The molecule has 1 aliphatic rings. The van der Waals surface area contributed by atoms with Crippen molar-refractivity contribution in [2.45, 2.75) is 25.4 Å². The predicted octanol–water partition coefficient (Wildman–Crippen LogP) is 1.77. The summed E-state index contributed by atoms with van der Waals surface area (Å²) in [5.74, 6) is -1.19. The first-order chi connectivity index (χ1) is 10.6. The maximum Gasteiger partial charge on any atom is 0.129 e. The highest BCUT2D eigenvalue weighted by Crippen LogP contribution is 2.33. The molecule has 0 aliphatic carbocycles. The van der Waals surface area contributed by atoms with Crippen molar-refractivity contribution in [2.24, 2.45) is 5.41 Å². The summed E-state index contributed by atoms with van der Waals surface area (Å²) in [4.78, 5) is 0. The van der Waals surface area contributed by atoms with Gasteiger partial charge in [0, 0.05) is 38.5 Å². The molecule has 0 spiro atoms. The second-order valence-electron chi connectivity index (χ2n) is 5.90. The van der Waals surface area contributed by atoms with Gasteiger partial charge in [0.25, 0.3) is 0 Å². The summed E-state index contributed by atoms with van der Waals surface area (Å²) in [6.07, 6.45) is 1.23. The van der Waals surface area contributed by atoms with E-state index in [1.165, 1.54) is 0 Å². The maximum absolute atomic E-state index is 13.6. The number of rotatable bonds is 7. The van der Waals surface area contributed by atoms with Crippen LogP contribution in [0.3, 0.4) is 0 Å². The van der Waals surface area contributed by atoms with Gasteiger partial charge in [-0.2, -0.15) is 0 Å². The SMILES string of the molecule is OCCC1(CNCC(O)c2cc(F)ccc2F)CCOCC1. The second kappa shape index (κ2) is 7.97. The van der Waals surface area contributed by atoms with Crippen LogP contribution in [0.25, 0.3) is 0 Å². The molecule has 0 radical (unpaired) electrons. The summed E-state index contributed by atoms with van der Waals surface area (Å²) in [5.41, 5.74) is -0.108. The third-order valence-corrected chi connectivity index (χ3v) is 4.35. The van der Waals surface area contributed by atoms with Gasteiger partial charge < -0.3 is 20.3 Å². The van der Waals surface area contributed by atoms with Crippen molar-refractivity contribution in [3.63, 3.8) is 0 Å². The molecule has 0 amide bonds. The molecule has 1 unspecified atom stereocenters. The van der Waals surface area contributed by atoms with Crippen LogP contribution < -0.4 is 5.32 Å². The fourth-order valence-electron chi connectivity index (χ4n) is 2.91. The summed E-state index contributed by atoms with van der Waals surface area (Å²) in [7, 11) is 0. The summed E-state index contributed by atoms with van der Waals surface area (Å²) in [5, 5.41) is 22.4. The van der Waals surface area contributed by atoms with E-state index in [1.807, 2.05) is 0 Å². The first-order valence-corrected chi connectivity index (χ1v) is 7.59. The number of hydrogen-bond acceptors (Lipinski definition) is 4. The smallest absolute Gasteiger partial charge is 0.129 e. The highest BCUT2D eigenvalue weighted by atomic mass is 19.1. The van der Waals surface area contributed by atoms with Gasteiger partial charge in [-0.1, -0.05) is 0 Å². The Hall–Kier alpha value is -1.08. The van der Waals surface area contributed by atoms with Crippen LogP contribution in [-0.2, 0) is 4.74 Å². The molecule has 4 nitrogen and oxygen atoms in total. The Morgan fingerprint density at radius 1 is 1.27 bits per heavy atom. The van der Waals surface area contributed by atoms with E-state index in [1.54, 1.807) is 0 Å². The van der Waals surface area contributed by atoms with Crippen LogP contribution in [-0.4, -0.2) is 43.1 Å². The van der Waals surface area contributed by atoms with Crippen molar-refractivity contribution in [3.05, 3.63) is 35.4 Å². The molecule has 1 saturated heterocycles. The van der Waals surface area contributed by atoms with Gasteiger partial charge in [0.15, 0.2) is 0 Å². The molecule has 1 heterocycles. The van der Waals surface area contributed by atoms with E-state index in [0.717, 1.165) is 31.0 Å². The topological polar surface area (TPSA) is 61.7 Å². The van der Waals surface area contributed by atoms with Gasteiger partial charge >= 0.3 is 0 Å². The van der Waals surface area contributed by atoms with Gasteiger partial charge in [-0.3, -0.25) is 0 Å². The molecule has 6 heteroatoms. The number of ether oxygens (including phenoxy) is 1. The lowest BCUT2D eigenvalue weighted by Crippen LogP contribution is -2.41. The molecule has 0 bridgehead atoms. The third kappa shape index (κ3) is 4.46. The lowest BCUT2D eigenvalue weighted by molar-refractivity contribution is 0.00127. The Kier molecular flexibility index (Phi) is 6.26. The van der Waals surface area contributed by atoms with E-state index in [-0.39, 0.29) is 24.1 Å². The van der Waals surface area contributed by atoms with Crippen LogP contribution in [0.15, 0.2) is 18.2 Å². The minimum Gasteiger partial charge on any atom is -0.396 e. The van der Waals surface area contributed by atoms with Gasteiger partial charge in [-0.15, -0.1) is 0 Å². The van der Waals surface area contributed by atoms with Crippen molar-refractivity contribution in [3.8, 4) is 0 Å². The number of benzene rings is 1. The lowest BCUT2D eigenvalue weighted by atomic mass is 9.77. The van der Waals surface area contributed by atoms with Gasteiger partial charge in [0.1, 0.15) is 11.6 Å². The Morgan fingerprint density at radius 3 is 2.68 bits per heavy atom. The Morgan fingerprint density at radius 2 is 2.00 bits per heavy atom. The monoisotopic (exact) mass is 315 g/mol. The van der Waals surface area contributed by atoms with Crippen LogP contribution in [0.1, 0.15) is 30.9 Å². The molecule has 22 heavy (non-hydrogen) atoms. The number of nitrogens with one attached hydrogen (secondary N) is 1. The summed E-state index contributed by atoms with van der Waals surface area (Å²) < 4.78 is 32.1. The maximum atomic E-state index is 13.6. The summed E-state index contributed by atoms with van der Waals surface area (Å²) >= 11 is 0. The second-order valence-corrected chi connectivity index (χ2v) is 5.90. The Labute approximate surface area is 129 Å². The third-order valence-electron chi connectivity index (χ3n) is 4.35. The molecular formula is C16H23F2NO3. The highest BCUT2D eigenvalue weighted by Gasteiger charge is 2.31. The highest BCUT2D eigenvalue weighted by molar-refractivity contribution is 5.21. The van der Waals surface area contributed by atoms with Crippen molar-refractivity contribution in [1.29, 1.82) is 0 Å². The van der Waals surface area contributed by atoms with Crippen LogP contribution >= 0.6 is 0 Å². The average Bonchev–Trinajstić information content (AvgIpc) is 2.51. The van der Waals surface area contributed by atoms with E-state index in [9.17, 15) is 19.0 Å². The fourth-order valence-corrected chi connectivity index (χ4v) is 2.91. The molecule has 3 N–H and O–H groups in total. The molecule has 0 aromatic heterocycles. The zero-order valence-corrected chi connectivity index (χ0v) is 12.5. The molecule has 1 aromatic rings. The van der Waals surface area contributed by atoms with E-state index in [2.05, 4.69) is 5.32 Å². The molecule has 124 valence electrons. The number of halogens is 2. The number of hydrogen-bond donors (Lipinski definition) is 3. The van der Waals surface area contributed by atoms with Crippen molar-refractivity contribution < 1.29 is 23.7 Å². The zero-order chi connectivity index (χ0) is 16.0. The van der Waals surface area contributed by atoms with Crippen molar-refractivity contribution >= 4 is 0 Å². The lowest BCUT2D eigenvalue weighted by Gasteiger charge is -2.37. The molecule has 1 atom stereocenters. The molecular weight excluding hydrogens is 292 g/mol. The standard InChI is InChI=1S/C16H23F2NO3/c17-12-1-2-14(18)13(9-12)15(21)10-19-11-16(3-6-20)4-7-22-8-5-16/h1-2,9,15,19-21H,3-8,10-11H2. The van der Waals surface area contributed by atoms with Crippen LogP contribution in [0.4, 0.5) is 8.78 Å². The van der Waals surface area contributed by atoms with Gasteiger partial charge in [-0.05, 0) is 42.9 Å². The molecule has 1 fully saturated rings. The van der Waals surface area contributed by atoms with Gasteiger partial charge in [0.2, 0.25) is 0 Å². The first-order valence-electron chi connectivity index (χ1n) is 7.59. The largest absolute Gasteiger partial charge is 0.396 e. The quantitative estimate of drug-likeness (QED) is 0.718. The van der Waals surface area contributed by atoms with E-state index < -0.39 is 17.7 Å².